The van der Waals surface area contributed by atoms with Crippen LogP contribution in [0, 0.1) is 20.8 Å². The maximum Gasteiger partial charge on any atom is 0.420 e. The van der Waals surface area contributed by atoms with Gasteiger partial charge in [0.05, 0.1) is 4.90 Å². The van der Waals surface area contributed by atoms with Crippen molar-refractivity contribution in [2.75, 3.05) is 0 Å². The van der Waals surface area contributed by atoms with Crippen LogP contribution in [0.2, 0.25) is 0 Å². The van der Waals surface area contributed by atoms with Gasteiger partial charge in [0.1, 0.15) is 0 Å². The fraction of sp³-hybridized carbons (Fsp3) is 0.294. The molecule has 0 fully saturated rings. The molecule has 0 saturated heterocycles. The summed E-state index contributed by atoms with van der Waals surface area (Å²) in [7, 11) is -4.55. The van der Waals surface area contributed by atoms with Crippen molar-refractivity contribution < 1.29 is 25.8 Å². The Morgan fingerprint density at radius 3 is 1.83 bits per heavy atom. The van der Waals surface area contributed by atoms with Gasteiger partial charge in [-0.15, -0.1) is 0 Å². The summed E-state index contributed by atoms with van der Waals surface area (Å²) < 4.78 is 69.2. The number of aryl methyl sites for hydroxylation is 3. The average Bonchev–Trinajstić information content (AvgIpc) is 2.43. The zero-order chi connectivity index (χ0) is 18.1. The molecule has 0 amide bonds. The van der Waals surface area contributed by atoms with Crippen LogP contribution in [0.1, 0.15) is 28.4 Å². The minimum atomic E-state index is -4.86. The summed E-state index contributed by atoms with van der Waals surface area (Å²) in [6.45, 7) is 5.02. The van der Waals surface area contributed by atoms with Crippen LogP contribution in [-0.2, 0) is 14.3 Å². The second-order valence-corrected chi connectivity index (χ2v) is 7.28. The Labute approximate surface area is 139 Å². The van der Waals surface area contributed by atoms with Gasteiger partial charge in [-0.2, -0.15) is 21.6 Å². The third kappa shape index (κ3) is 4.36. The third-order valence-corrected chi connectivity index (χ3v) is 4.67. The standard InChI is InChI=1S/C17H17F3O3S/c1-11-4-6-15(7-5-11)24(21,22)23-16(17(18,19)20)14-9-12(2)8-13(3)10-14/h4-10,16H,1-3H3. The Balaban J connectivity index is 2.44. The number of halogens is 3. The lowest BCUT2D eigenvalue weighted by atomic mass is 10.0. The second-order valence-electron chi connectivity index (χ2n) is 5.71. The molecular formula is C17H17F3O3S. The van der Waals surface area contributed by atoms with E-state index in [2.05, 4.69) is 4.18 Å². The Hall–Kier alpha value is -1.86. The molecule has 0 aliphatic heterocycles. The molecule has 2 rings (SSSR count). The predicted molar refractivity (Wildman–Crippen MR) is 84.2 cm³/mol. The Bertz CT molecular complexity index is 805. The first-order valence-corrected chi connectivity index (χ1v) is 8.55. The van der Waals surface area contributed by atoms with Gasteiger partial charge < -0.3 is 0 Å². The van der Waals surface area contributed by atoms with Crippen molar-refractivity contribution in [1.82, 2.24) is 0 Å². The molecule has 3 nitrogen and oxygen atoms in total. The van der Waals surface area contributed by atoms with Gasteiger partial charge in [0, 0.05) is 0 Å². The van der Waals surface area contributed by atoms with Crippen LogP contribution < -0.4 is 0 Å². The highest BCUT2D eigenvalue weighted by Gasteiger charge is 2.45. The van der Waals surface area contributed by atoms with E-state index in [0.717, 1.165) is 5.56 Å². The van der Waals surface area contributed by atoms with Crippen molar-refractivity contribution in [3.8, 4) is 0 Å². The fourth-order valence-corrected chi connectivity index (χ4v) is 3.40. The summed E-state index contributed by atoms with van der Waals surface area (Å²) in [4.78, 5) is -0.313. The van der Waals surface area contributed by atoms with Crippen LogP contribution in [-0.4, -0.2) is 14.6 Å². The molecule has 1 unspecified atom stereocenters. The molecule has 0 aliphatic rings. The van der Waals surface area contributed by atoms with Gasteiger partial charge in [0.2, 0.25) is 0 Å². The van der Waals surface area contributed by atoms with Crippen molar-refractivity contribution in [2.45, 2.75) is 37.9 Å². The molecule has 130 valence electrons. The molecule has 1 atom stereocenters. The lowest BCUT2D eigenvalue weighted by molar-refractivity contribution is -0.196. The Kier molecular flexibility index (Phi) is 5.05. The van der Waals surface area contributed by atoms with Gasteiger partial charge >= 0.3 is 6.18 Å². The molecule has 0 spiro atoms. The third-order valence-electron chi connectivity index (χ3n) is 3.38. The summed E-state index contributed by atoms with van der Waals surface area (Å²) >= 11 is 0. The zero-order valence-electron chi connectivity index (χ0n) is 13.4. The monoisotopic (exact) mass is 358 g/mol. The number of benzene rings is 2. The summed E-state index contributed by atoms with van der Waals surface area (Å²) in [5, 5.41) is 0. The molecule has 0 radical (unpaired) electrons. The zero-order valence-corrected chi connectivity index (χ0v) is 14.2. The van der Waals surface area contributed by atoms with Crippen LogP contribution in [0.3, 0.4) is 0 Å². The first kappa shape index (κ1) is 18.5. The number of hydrogen-bond donors (Lipinski definition) is 0. The maximum atomic E-state index is 13.4. The summed E-state index contributed by atoms with van der Waals surface area (Å²) in [6, 6.07) is 9.68. The lowest BCUT2D eigenvalue weighted by Gasteiger charge is -2.21. The van der Waals surface area contributed by atoms with Gasteiger partial charge in [0.25, 0.3) is 10.1 Å². The highest BCUT2D eigenvalue weighted by Crippen LogP contribution is 2.38. The predicted octanol–water partition coefficient (Wildman–Crippen LogP) is 4.62. The van der Waals surface area contributed by atoms with Crippen LogP contribution >= 0.6 is 0 Å². The molecule has 0 saturated carbocycles. The van der Waals surface area contributed by atoms with Gasteiger partial charge in [-0.05, 0) is 38.5 Å². The van der Waals surface area contributed by atoms with Crippen LogP contribution in [0.25, 0.3) is 0 Å². The molecule has 2 aromatic carbocycles. The summed E-state index contributed by atoms with van der Waals surface area (Å²) in [5.41, 5.74) is 1.73. The largest absolute Gasteiger partial charge is 0.420 e. The van der Waals surface area contributed by atoms with Crippen LogP contribution in [0.4, 0.5) is 13.2 Å². The normalized spacial score (nSPS) is 13.8. The number of alkyl halides is 3. The van der Waals surface area contributed by atoms with E-state index in [1.165, 1.54) is 36.4 Å². The fourth-order valence-electron chi connectivity index (χ4n) is 2.35. The van der Waals surface area contributed by atoms with Gasteiger partial charge in [-0.3, -0.25) is 0 Å². The van der Waals surface area contributed by atoms with E-state index in [1.54, 1.807) is 26.8 Å². The smallest absolute Gasteiger partial charge is 0.248 e. The average molecular weight is 358 g/mol. The molecule has 0 N–H and O–H groups in total. The van der Waals surface area contributed by atoms with Gasteiger partial charge in [0.15, 0.2) is 6.10 Å². The Morgan fingerprint density at radius 2 is 1.38 bits per heavy atom. The number of hydrogen-bond acceptors (Lipinski definition) is 3. The van der Waals surface area contributed by atoms with E-state index in [1.807, 2.05) is 0 Å². The molecule has 2 aromatic rings. The summed E-state index contributed by atoms with van der Waals surface area (Å²) in [5.74, 6) is 0. The first-order chi connectivity index (χ1) is 11.0. The van der Waals surface area contributed by atoms with Gasteiger partial charge in [-0.1, -0.05) is 47.0 Å². The number of rotatable bonds is 4. The van der Waals surface area contributed by atoms with Crippen molar-refractivity contribution in [1.29, 1.82) is 0 Å². The molecule has 0 bridgehead atoms. The molecule has 7 heteroatoms. The van der Waals surface area contributed by atoms with Crippen molar-refractivity contribution in [2.24, 2.45) is 0 Å². The van der Waals surface area contributed by atoms with Crippen molar-refractivity contribution in [3.05, 3.63) is 64.7 Å². The second kappa shape index (κ2) is 6.57. The molecule has 0 heterocycles. The molecular weight excluding hydrogens is 341 g/mol. The maximum absolute atomic E-state index is 13.4. The lowest BCUT2D eigenvalue weighted by Crippen LogP contribution is -2.26. The van der Waals surface area contributed by atoms with Crippen molar-refractivity contribution >= 4 is 10.1 Å². The minimum Gasteiger partial charge on any atom is -0.248 e. The Morgan fingerprint density at radius 1 is 0.875 bits per heavy atom. The first-order valence-electron chi connectivity index (χ1n) is 7.14. The highest BCUT2D eigenvalue weighted by molar-refractivity contribution is 7.86. The molecule has 0 aromatic heterocycles. The SMILES string of the molecule is Cc1ccc(S(=O)(=O)OC(c2cc(C)cc(C)c2)C(F)(F)F)cc1. The van der Waals surface area contributed by atoms with E-state index in [9.17, 15) is 21.6 Å². The van der Waals surface area contributed by atoms with Crippen LogP contribution in [0.5, 0.6) is 0 Å². The highest BCUT2D eigenvalue weighted by atomic mass is 32.2. The van der Waals surface area contributed by atoms with E-state index in [4.69, 9.17) is 0 Å². The van der Waals surface area contributed by atoms with E-state index >= 15 is 0 Å². The molecule has 0 aliphatic carbocycles. The van der Waals surface area contributed by atoms with E-state index in [-0.39, 0.29) is 10.5 Å². The van der Waals surface area contributed by atoms with E-state index < -0.39 is 22.4 Å². The quantitative estimate of drug-likeness (QED) is 0.749. The van der Waals surface area contributed by atoms with Gasteiger partial charge in [-0.25, -0.2) is 4.18 Å². The van der Waals surface area contributed by atoms with Crippen molar-refractivity contribution in [3.63, 3.8) is 0 Å². The molecule has 24 heavy (non-hydrogen) atoms. The van der Waals surface area contributed by atoms with Crippen LogP contribution in [0.15, 0.2) is 47.4 Å². The summed E-state index contributed by atoms with van der Waals surface area (Å²) in [6.07, 6.45) is -7.42. The van der Waals surface area contributed by atoms with E-state index in [0.29, 0.717) is 11.1 Å². The minimum absolute atomic E-state index is 0.240. The topological polar surface area (TPSA) is 43.4 Å².